The van der Waals surface area contributed by atoms with Gasteiger partial charge in [-0.1, -0.05) is 18.2 Å². The van der Waals surface area contributed by atoms with Gasteiger partial charge in [0, 0.05) is 49.4 Å². The highest BCUT2D eigenvalue weighted by Gasteiger charge is 2.25. The van der Waals surface area contributed by atoms with Crippen molar-refractivity contribution in [2.24, 2.45) is 0 Å². The highest BCUT2D eigenvalue weighted by atomic mass is 16.6. The molecule has 0 saturated carbocycles. The third-order valence-corrected chi connectivity index (χ3v) is 5.24. The number of furan rings is 1. The van der Waals surface area contributed by atoms with Crippen molar-refractivity contribution in [1.29, 1.82) is 0 Å². The van der Waals surface area contributed by atoms with Crippen molar-refractivity contribution in [3.8, 4) is 11.3 Å². The predicted molar refractivity (Wildman–Crippen MR) is 119 cm³/mol. The average molecular weight is 408 g/mol. The van der Waals surface area contributed by atoms with Crippen LogP contribution in [0.4, 0.5) is 10.5 Å². The maximum Gasteiger partial charge on any atom is 0.410 e. The second-order valence-electron chi connectivity index (χ2n) is 8.81. The van der Waals surface area contributed by atoms with E-state index >= 15 is 0 Å². The number of nitrogens with zero attached hydrogens (tertiary/aromatic N) is 2. The molecule has 0 bridgehead atoms. The minimum Gasteiger partial charge on any atom is -0.456 e. The molecule has 0 atom stereocenters. The zero-order chi connectivity index (χ0) is 21.3. The van der Waals surface area contributed by atoms with Crippen LogP contribution < -0.4 is 5.73 Å². The Labute approximate surface area is 177 Å². The van der Waals surface area contributed by atoms with E-state index in [9.17, 15) is 4.79 Å². The zero-order valence-corrected chi connectivity index (χ0v) is 17.9. The first kappa shape index (κ1) is 20.3. The van der Waals surface area contributed by atoms with Crippen molar-refractivity contribution in [1.82, 2.24) is 9.80 Å². The number of nitrogen functional groups attached to an aromatic ring is 1. The third-order valence-electron chi connectivity index (χ3n) is 5.24. The minimum absolute atomic E-state index is 0.227. The molecule has 0 unspecified atom stereocenters. The van der Waals surface area contributed by atoms with E-state index in [1.54, 1.807) is 4.90 Å². The number of carbonyl (C=O) groups is 1. The number of para-hydroxylation sites is 1. The quantitative estimate of drug-likeness (QED) is 0.635. The first-order valence-corrected chi connectivity index (χ1v) is 10.4. The lowest BCUT2D eigenvalue weighted by atomic mass is 10.1. The van der Waals surface area contributed by atoms with Gasteiger partial charge in [0.15, 0.2) is 0 Å². The van der Waals surface area contributed by atoms with Crippen molar-refractivity contribution in [2.75, 3.05) is 31.9 Å². The van der Waals surface area contributed by atoms with Crippen LogP contribution in [0.1, 0.15) is 26.3 Å². The third kappa shape index (κ3) is 4.60. The summed E-state index contributed by atoms with van der Waals surface area (Å²) in [6.45, 7) is 9.54. The summed E-state index contributed by atoms with van der Waals surface area (Å²) in [5.74, 6) is 0.784. The van der Waals surface area contributed by atoms with Gasteiger partial charge in [0.05, 0.1) is 0 Å². The normalized spacial score (nSPS) is 15.5. The molecule has 1 aliphatic heterocycles. The molecule has 158 valence electrons. The van der Waals surface area contributed by atoms with Crippen molar-refractivity contribution in [2.45, 2.75) is 32.9 Å². The summed E-state index contributed by atoms with van der Waals surface area (Å²) >= 11 is 0. The molecule has 30 heavy (non-hydrogen) atoms. The number of rotatable bonds is 3. The van der Waals surface area contributed by atoms with Crippen LogP contribution in [0.15, 0.2) is 52.9 Å². The Bertz CT molecular complexity index is 1040. The number of hydrogen-bond donors (Lipinski definition) is 1. The second kappa shape index (κ2) is 8.03. The predicted octanol–water partition coefficient (Wildman–Crippen LogP) is 4.73. The fourth-order valence-electron chi connectivity index (χ4n) is 3.72. The fourth-order valence-corrected chi connectivity index (χ4v) is 3.72. The highest BCUT2D eigenvalue weighted by Crippen LogP contribution is 2.32. The Morgan fingerprint density at radius 3 is 2.50 bits per heavy atom. The molecular weight excluding hydrogens is 378 g/mol. The van der Waals surface area contributed by atoms with Crippen LogP contribution in [-0.2, 0) is 11.3 Å². The van der Waals surface area contributed by atoms with Gasteiger partial charge in [-0.05, 0) is 56.7 Å². The smallest absolute Gasteiger partial charge is 0.410 e. The number of fused-ring (bicyclic) bond motifs is 1. The highest BCUT2D eigenvalue weighted by molar-refractivity contribution is 5.86. The molecule has 1 aromatic heterocycles. The lowest BCUT2D eigenvalue weighted by Gasteiger charge is -2.35. The molecule has 0 aliphatic carbocycles. The number of piperazine rings is 1. The number of carbonyl (C=O) groups excluding carboxylic acids is 1. The molecule has 6 heteroatoms. The van der Waals surface area contributed by atoms with Gasteiger partial charge in [-0.2, -0.15) is 0 Å². The largest absolute Gasteiger partial charge is 0.456 e. The first-order chi connectivity index (χ1) is 14.3. The van der Waals surface area contributed by atoms with E-state index < -0.39 is 5.60 Å². The summed E-state index contributed by atoms with van der Waals surface area (Å²) in [7, 11) is 0. The SMILES string of the molecule is CC(C)(C)OC(=O)N1CCN(Cc2ccc3oc(-c4ccccc4N)cc3c2)CC1. The fraction of sp³-hybridized carbons (Fsp3) is 0.375. The molecule has 2 N–H and O–H groups in total. The lowest BCUT2D eigenvalue weighted by molar-refractivity contribution is 0.0139. The summed E-state index contributed by atoms with van der Waals surface area (Å²) in [4.78, 5) is 16.4. The first-order valence-electron chi connectivity index (χ1n) is 10.4. The Balaban J connectivity index is 1.40. The summed E-state index contributed by atoms with van der Waals surface area (Å²) in [6, 6.07) is 16.1. The summed E-state index contributed by atoms with van der Waals surface area (Å²) in [6.07, 6.45) is -0.227. The number of benzene rings is 2. The molecule has 2 aromatic carbocycles. The number of anilines is 1. The number of nitrogens with two attached hydrogens (primary N) is 1. The molecule has 2 heterocycles. The van der Waals surface area contributed by atoms with E-state index in [0.717, 1.165) is 41.9 Å². The summed E-state index contributed by atoms with van der Waals surface area (Å²) in [5, 5.41) is 1.07. The molecule has 1 aliphatic rings. The second-order valence-corrected chi connectivity index (χ2v) is 8.81. The molecule has 4 rings (SSSR count). The molecule has 1 fully saturated rings. The number of hydrogen-bond acceptors (Lipinski definition) is 5. The van der Waals surface area contributed by atoms with Crippen LogP contribution in [-0.4, -0.2) is 47.7 Å². The molecular formula is C24H29N3O3. The van der Waals surface area contributed by atoms with Crippen LogP contribution in [0.2, 0.25) is 0 Å². The van der Waals surface area contributed by atoms with Crippen molar-refractivity contribution in [3.05, 3.63) is 54.1 Å². The van der Waals surface area contributed by atoms with Crippen molar-refractivity contribution < 1.29 is 13.9 Å². The van der Waals surface area contributed by atoms with Gasteiger partial charge in [0.2, 0.25) is 0 Å². The van der Waals surface area contributed by atoms with E-state index in [1.165, 1.54) is 5.56 Å². The molecule has 1 amide bonds. The van der Waals surface area contributed by atoms with Gasteiger partial charge in [0.1, 0.15) is 16.9 Å². The Hall–Kier alpha value is -2.99. The summed E-state index contributed by atoms with van der Waals surface area (Å²) in [5.41, 5.74) is 9.33. The Morgan fingerprint density at radius 1 is 1.07 bits per heavy atom. The lowest BCUT2D eigenvalue weighted by Crippen LogP contribution is -2.49. The minimum atomic E-state index is -0.461. The van der Waals surface area contributed by atoms with Crippen LogP contribution in [0.5, 0.6) is 0 Å². The van der Waals surface area contributed by atoms with Crippen molar-refractivity contribution >= 4 is 22.7 Å². The van der Waals surface area contributed by atoms with Gasteiger partial charge in [-0.3, -0.25) is 4.90 Å². The zero-order valence-electron chi connectivity index (χ0n) is 17.9. The molecule has 0 spiro atoms. The maximum absolute atomic E-state index is 12.2. The average Bonchev–Trinajstić information content (AvgIpc) is 3.10. The van der Waals surface area contributed by atoms with Crippen molar-refractivity contribution in [3.63, 3.8) is 0 Å². The summed E-state index contributed by atoms with van der Waals surface area (Å²) < 4.78 is 11.5. The molecule has 6 nitrogen and oxygen atoms in total. The van der Waals surface area contributed by atoms with Gasteiger partial charge >= 0.3 is 6.09 Å². The van der Waals surface area contributed by atoms with E-state index in [2.05, 4.69) is 17.0 Å². The van der Waals surface area contributed by atoms with Gasteiger partial charge in [-0.25, -0.2) is 4.79 Å². The number of ether oxygens (including phenoxy) is 1. The van der Waals surface area contributed by atoms with Gasteiger partial charge in [0.25, 0.3) is 0 Å². The molecule has 1 saturated heterocycles. The Kier molecular flexibility index (Phi) is 5.43. The monoisotopic (exact) mass is 407 g/mol. The maximum atomic E-state index is 12.2. The molecule has 0 radical (unpaired) electrons. The van der Waals surface area contributed by atoms with Gasteiger partial charge < -0.3 is 19.8 Å². The standard InChI is InChI=1S/C24H29N3O3/c1-24(2,3)30-23(28)27-12-10-26(11-13-27)16-17-8-9-21-18(14-17)15-22(29-21)19-6-4-5-7-20(19)25/h4-9,14-15H,10-13,16,25H2,1-3H3. The van der Waals surface area contributed by atoms with Gasteiger partial charge in [-0.15, -0.1) is 0 Å². The van der Waals surface area contributed by atoms with E-state index in [1.807, 2.05) is 57.2 Å². The van der Waals surface area contributed by atoms with E-state index in [-0.39, 0.29) is 6.09 Å². The van der Waals surface area contributed by atoms with Crippen LogP contribution in [0.3, 0.4) is 0 Å². The van der Waals surface area contributed by atoms with E-state index in [0.29, 0.717) is 18.8 Å². The topological polar surface area (TPSA) is 71.9 Å². The number of amides is 1. The van der Waals surface area contributed by atoms with Crippen LogP contribution in [0.25, 0.3) is 22.3 Å². The molecule has 3 aromatic rings. The van der Waals surface area contributed by atoms with Crippen LogP contribution in [0, 0.1) is 0 Å². The Morgan fingerprint density at radius 2 is 1.80 bits per heavy atom. The van der Waals surface area contributed by atoms with E-state index in [4.69, 9.17) is 14.9 Å². The van der Waals surface area contributed by atoms with Crippen LogP contribution >= 0.6 is 0 Å².